The highest BCUT2D eigenvalue weighted by molar-refractivity contribution is 5.80. The molecule has 0 aromatic heterocycles. The Morgan fingerprint density at radius 2 is 1.97 bits per heavy atom. The minimum atomic E-state index is -1.37. The fourth-order valence-electron chi connectivity index (χ4n) is 3.67. The molecule has 7 nitrogen and oxygen atoms in total. The summed E-state index contributed by atoms with van der Waals surface area (Å²) in [6, 6.07) is 9.77. The summed E-state index contributed by atoms with van der Waals surface area (Å²) in [5.41, 5.74) is 0.814. The monoisotopic (exact) mass is 441 g/mol. The third-order valence-electron chi connectivity index (χ3n) is 5.55. The van der Waals surface area contributed by atoms with Crippen molar-refractivity contribution in [2.45, 2.75) is 25.8 Å². The lowest BCUT2D eigenvalue weighted by atomic mass is 9.98. The summed E-state index contributed by atoms with van der Waals surface area (Å²) in [6.07, 6.45) is 1.93. The topological polar surface area (TPSA) is 94.8 Å². The van der Waals surface area contributed by atoms with Crippen molar-refractivity contribution < 1.29 is 23.8 Å². The Morgan fingerprint density at radius 3 is 2.56 bits per heavy atom. The van der Waals surface area contributed by atoms with Crippen LogP contribution in [0.15, 0.2) is 36.4 Å². The number of nitrogens with one attached hydrogen (secondary N) is 1. The van der Waals surface area contributed by atoms with Gasteiger partial charge in [0.05, 0.1) is 24.8 Å². The van der Waals surface area contributed by atoms with Crippen molar-refractivity contribution in [2.75, 3.05) is 38.7 Å². The summed E-state index contributed by atoms with van der Waals surface area (Å²) in [5, 5.41) is 21.6. The lowest BCUT2D eigenvalue weighted by Gasteiger charge is -2.29. The number of carboxylic acid groups (broad SMARTS) is 1. The molecule has 0 bridgehead atoms. The SMILES string of the molecule is CCOc1cc(OCC2CCN(C)CC2)c(F)c(C(Nc2ccc(C#N)cc2)C(=O)O)c1. The molecule has 0 amide bonds. The molecule has 1 aliphatic heterocycles. The zero-order valence-electron chi connectivity index (χ0n) is 18.3. The average molecular weight is 442 g/mol. The van der Waals surface area contributed by atoms with E-state index in [1.165, 1.54) is 12.1 Å². The number of piperidine rings is 1. The smallest absolute Gasteiger partial charge is 0.330 e. The Bertz CT molecular complexity index is 966. The number of carboxylic acids is 1. The summed E-state index contributed by atoms with van der Waals surface area (Å²) in [7, 11) is 2.07. The van der Waals surface area contributed by atoms with Crippen molar-refractivity contribution in [3.63, 3.8) is 0 Å². The van der Waals surface area contributed by atoms with Crippen LogP contribution in [0.25, 0.3) is 0 Å². The van der Waals surface area contributed by atoms with Gasteiger partial charge in [0, 0.05) is 17.3 Å². The molecule has 8 heteroatoms. The van der Waals surface area contributed by atoms with Gasteiger partial charge in [-0.05, 0) is 76.2 Å². The Kier molecular flexibility index (Phi) is 7.90. The molecular formula is C24H28FN3O4. The quantitative estimate of drug-likeness (QED) is 0.606. The van der Waals surface area contributed by atoms with Crippen LogP contribution in [0, 0.1) is 23.1 Å². The number of likely N-dealkylation sites (tertiary alicyclic amines) is 1. The molecule has 1 fully saturated rings. The van der Waals surface area contributed by atoms with Crippen molar-refractivity contribution in [2.24, 2.45) is 5.92 Å². The number of halogens is 1. The molecule has 2 N–H and O–H groups in total. The standard InChI is InChI=1S/C24H28FN3O4/c1-3-31-19-12-20(23(24(29)30)27-18-6-4-16(14-26)5-7-18)22(25)21(13-19)32-15-17-8-10-28(2)11-9-17/h4-7,12-13,17,23,27H,3,8-11,15H2,1-2H3,(H,29,30). The van der Waals surface area contributed by atoms with Crippen LogP contribution in [-0.4, -0.2) is 49.3 Å². The molecule has 0 saturated carbocycles. The van der Waals surface area contributed by atoms with Gasteiger partial charge in [0.2, 0.25) is 0 Å². The number of ether oxygens (including phenoxy) is 2. The van der Waals surface area contributed by atoms with Crippen molar-refractivity contribution in [1.82, 2.24) is 4.90 Å². The van der Waals surface area contributed by atoms with Crippen LogP contribution in [0.4, 0.5) is 10.1 Å². The van der Waals surface area contributed by atoms with Crippen molar-refractivity contribution >= 4 is 11.7 Å². The van der Waals surface area contributed by atoms with Crippen LogP contribution in [0.3, 0.4) is 0 Å². The third kappa shape index (κ3) is 5.89. The van der Waals surface area contributed by atoms with Crippen molar-refractivity contribution in [1.29, 1.82) is 5.26 Å². The number of anilines is 1. The zero-order valence-corrected chi connectivity index (χ0v) is 18.3. The maximum atomic E-state index is 15.4. The molecule has 1 atom stereocenters. The molecule has 1 saturated heterocycles. The lowest BCUT2D eigenvalue weighted by molar-refractivity contribution is -0.138. The highest BCUT2D eigenvalue weighted by Gasteiger charge is 2.27. The molecule has 2 aromatic carbocycles. The number of hydrogen-bond acceptors (Lipinski definition) is 6. The summed E-state index contributed by atoms with van der Waals surface area (Å²) in [4.78, 5) is 14.3. The van der Waals surface area contributed by atoms with E-state index in [1.54, 1.807) is 31.2 Å². The Labute approximate surface area is 187 Å². The number of nitriles is 1. The Hall–Kier alpha value is -3.31. The minimum Gasteiger partial charge on any atom is -0.494 e. The predicted molar refractivity (Wildman–Crippen MR) is 118 cm³/mol. The van der Waals surface area contributed by atoms with Crippen LogP contribution in [-0.2, 0) is 4.79 Å². The molecule has 0 spiro atoms. The van der Waals surface area contributed by atoms with E-state index in [0.29, 0.717) is 36.1 Å². The maximum absolute atomic E-state index is 15.4. The number of rotatable bonds is 9. The van der Waals surface area contributed by atoms with E-state index in [2.05, 4.69) is 17.3 Å². The van der Waals surface area contributed by atoms with E-state index >= 15 is 4.39 Å². The van der Waals surface area contributed by atoms with Crippen LogP contribution in [0.1, 0.15) is 36.9 Å². The molecule has 1 aliphatic rings. The van der Waals surface area contributed by atoms with Crippen LogP contribution >= 0.6 is 0 Å². The van der Waals surface area contributed by atoms with Gasteiger partial charge in [0.15, 0.2) is 17.6 Å². The van der Waals surface area contributed by atoms with E-state index in [0.717, 1.165) is 25.9 Å². The normalized spacial score (nSPS) is 15.6. The molecule has 3 rings (SSSR count). The molecular weight excluding hydrogens is 413 g/mol. The fraction of sp³-hybridized carbons (Fsp3) is 0.417. The highest BCUT2D eigenvalue weighted by Crippen LogP contribution is 2.34. The second-order valence-electron chi connectivity index (χ2n) is 7.92. The number of benzene rings is 2. The van der Waals surface area contributed by atoms with Gasteiger partial charge in [-0.1, -0.05) is 0 Å². The first-order valence-electron chi connectivity index (χ1n) is 10.7. The van der Waals surface area contributed by atoms with Crippen LogP contribution in [0.5, 0.6) is 11.5 Å². The second-order valence-corrected chi connectivity index (χ2v) is 7.92. The van der Waals surface area contributed by atoms with E-state index in [9.17, 15) is 9.90 Å². The summed E-state index contributed by atoms with van der Waals surface area (Å²) < 4.78 is 26.8. The summed E-state index contributed by atoms with van der Waals surface area (Å²) >= 11 is 0. The highest BCUT2D eigenvalue weighted by atomic mass is 19.1. The van der Waals surface area contributed by atoms with Gasteiger partial charge in [0.25, 0.3) is 0 Å². The predicted octanol–water partition coefficient (Wildman–Crippen LogP) is 4.05. The largest absolute Gasteiger partial charge is 0.494 e. The van der Waals surface area contributed by atoms with Gasteiger partial charge in [-0.3, -0.25) is 0 Å². The molecule has 0 radical (unpaired) electrons. The van der Waals surface area contributed by atoms with Gasteiger partial charge >= 0.3 is 5.97 Å². The lowest BCUT2D eigenvalue weighted by Crippen LogP contribution is -2.32. The molecule has 0 aliphatic carbocycles. The maximum Gasteiger partial charge on any atom is 0.330 e. The zero-order chi connectivity index (χ0) is 23.1. The summed E-state index contributed by atoms with van der Waals surface area (Å²) in [6.45, 7) is 4.44. The van der Waals surface area contributed by atoms with Crippen LogP contribution < -0.4 is 14.8 Å². The van der Waals surface area contributed by atoms with Crippen molar-refractivity contribution in [3.05, 3.63) is 53.3 Å². The van der Waals surface area contributed by atoms with Gasteiger partial charge in [-0.25, -0.2) is 9.18 Å². The van der Waals surface area contributed by atoms with Crippen molar-refractivity contribution in [3.8, 4) is 17.6 Å². The van der Waals surface area contributed by atoms with Gasteiger partial charge < -0.3 is 24.8 Å². The minimum absolute atomic E-state index is 0.0160. The third-order valence-corrected chi connectivity index (χ3v) is 5.55. The first-order valence-corrected chi connectivity index (χ1v) is 10.7. The van der Waals surface area contributed by atoms with E-state index in [4.69, 9.17) is 14.7 Å². The first kappa shape index (κ1) is 23.4. The Morgan fingerprint density at radius 1 is 1.28 bits per heavy atom. The fourth-order valence-corrected chi connectivity index (χ4v) is 3.67. The molecule has 2 aromatic rings. The number of nitrogens with zero attached hydrogens (tertiary/aromatic N) is 2. The molecule has 1 unspecified atom stereocenters. The number of carbonyl (C=O) groups is 1. The molecule has 1 heterocycles. The van der Waals surface area contributed by atoms with Gasteiger partial charge in [-0.2, -0.15) is 5.26 Å². The van der Waals surface area contributed by atoms with Gasteiger partial charge in [0.1, 0.15) is 5.75 Å². The summed E-state index contributed by atoms with van der Waals surface area (Å²) in [5.74, 6) is -1.33. The van der Waals surface area contributed by atoms with E-state index < -0.39 is 17.8 Å². The van der Waals surface area contributed by atoms with E-state index in [1.807, 2.05) is 6.07 Å². The van der Waals surface area contributed by atoms with Gasteiger partial charge in [-0.15, -0.1) is 0 Å². The molecule has 32 heavy (non-hydrogen) atoms. The average Bonchev–Trinajstić information content (AvgIpc) is 2.79. The number of aliphatic carboxylic acids is 1. The van der Waals surface area contributed by atoms with Crippen LogP contribution in [0.2, 0.25) is 0 Å². The Balaban J connectivity index is 1.86. The second kappa shape index (κ2) is 10.8. The van der Waals surface area contributed by atoms with E-state index in [-0.39, 0.29) is 11.3 Å². The first-order chi connectivity index (χ1) is 15.4. The molecule has 170 valence electrons. The number of hydrogen-bond donors (Lipinski definition) is 2.